The Morgan fingerprint density at radius 3 is 2.18 bits per heavy atom. The van der Waals surface area contributed by atoms with Crippen molar-refractivity contribution in [2.75, 3.05) is 10.6 Å². The fourth-order valence-electron chi connectivity index (χ4n) is 2.94. The summed E-state index contributed by atoms with van der Waals surface area (Å²) >= 11 is 4.90. The van der Waals surface area contributed by atoms with Gasteiger partial charge in [-0.05, 0) is 52.6 Å². The van der Waals surface area contributed by atoms with Crippen molar-refractivity contribution < 1.29 is 9.59 Å². The first-order chi connectivity index (χ1) is 13.6. The molecular weight excluding hydrogens is 436 g/mol. The molecule has 6 heteroatoms. The van der Waals surface area contributed by atoms with Crippen LogP contribution in [0.1, 0.15) is 20.0 Å². The van der Waals surface area contributed by atoms with Gasteiger partial charge >= 0.3 is 0 Å². The lowest BCUT2D eigenvalue weighted by Gasteiger charge is -2.10. The summed E-state index contributed by atoms with van der Waals surface area (Å²) in [5.41, 5.74) is 1.82. The van der Waals surface area contributed by atoms with E-state index < -0.39 is 0 Å². The molecule has 28 heavy (non-hydrogen) atoms. The number of carbonyl (C=O) groups excluding carboxylic acids is 2. The second-order valence-electron chi connectivity index (χ2n) is 6.11. The highest BCUT2D eigenvalue weighted by atomic mass is 79.9. The van der Waals surface area contributed by atoms with Crippen molar-refractivity contribution in [1.29, 1.82) is 0 Å². The van der Waals surface area contributed by atoms with Crippen LogP contribution in [0.15, 0.2) is 82.6 Å². The fourth-order valence-corrected chi connectivity index (χ4v) is 4.06. The summed E-state index contributed by atoms with van der Waals surface area (Å²) in [6.45, 7) is 0. The predicted molar refractivity (Wildman–Crippen MR) is 118 cm³/mol. The molecule has 0 saturated carbocycles. The first-order valence-electron chi connectivity index (χ1n) is 8.55. The maximum Gasteiger partial charge on any atom is 0.265 e. The van der Waals surface area contributed by atoms with Gasteiger partial charge in [-0.25, -0.2) is 0 Å². The largest absolute Gasteiger partial charge is 0.322 e. The van der Waals surface area contributed by atoms with Crippen molar-refractivity contribution in [3.8, 4) is 0 Å². The lowest BCUT2D eigenvalue weighted by atomic mass is 10.0. The van der Waals surface area contributed by atoms with E-state index >= 15 is 0 Å². The Balaban J connectivity index is 1.56. The molecule has 0 atom stereocenters. The Bertz CT molecular complexity index is 1170. The van der Waals surface area contributed by atoms with E-state index in [1.165, 1.54) is 11.3 Å². The van der Waals surface area contributed by atoms with Crippen LogP contribution in [0.5, 0.6) is 0 Å². The van der Waals surface area contributed by atoms with Crippen LogP contribution in [-0.2, 0) is 0 Å². The summed E-state index contributed by atoms with van der Waals surface area (Å²) in [4.78, 5) is 25.7. The Hall–Kier alpha value is -2.96. The third-order valence-corrected chi connectivity index (χ3v) is 5.80. The molecule has 3 aromatic carbocycles. The second-order valence-corrected chi connectivity index (χ2v) is 7.91. The van der Waals surface area contributed by atoms with Gasteiger partial charge in [0.1, 0.15) is 0 Å². The zero-order valence-electron chi connectivity index (χ0n) is 14.6. The molecule has 0 aliphatic carbocycles. The number of hydrogen-bond donors (Lipinski definition) is 2. The molecule has 0 bridgehead atoms. The van der Waals surface area contributed by atoms with Gasteiger partial charge in [-0.3, -0.25) is 9.59 Å². The molecular formula is C22H15BrN2O2S. The molecule has 2 amide bonds. The van der Waals surface area contributed by atoms with Gasteiger partial charge in [0.15, 0.2) is 0 Å². The Kier molecular flexibility index (Phi) is 5.23. The molecule has 2 N–H and O–H groups in total. The number of thiophene rings is 1. The lowest BCUT2D eigenvalue weighted by molar-refractivity contribution is 0.102. The number of amides is 2. The molecule has 0 radical (unpaired) electrons. The quantitative estimate of drug-likeness (QED) is 0.390. The van der Waals surface area contributed by atoms with Crippen LogP contribution in [0.25, 0.3) is 10.8 Å². The van der Waals surface area contributed by atoms with E-state index in [0.717, 1.165) is 15.2 Å². The fraction of sp³-hybridized carbons (Fsp3) is 0. The highest BCUT2D eigenvalue weighted by molar-refractivity contribution is 9.10. The third kappa shape index (κ3) is 3.83. The van der Waals surface area contributed by atoms with E-state index in [0.29, 0.717) is 21.8 Å². The van der Waals surface area contributed by atoms with Crippen molar-refractivity contribution in [2.24, 2.45) is 0 Å². The van der Waals surface area contributed by atoms with E-state index in [-0.39, 0.29) is 11.8 Å². The van der Waals surface area contributed by atoms with E-state index in [1.807, 2.05) is 41.8 Å². The first kappa shape index (κ1) is 18.4. The predicted octanol–water partition coefficient (Wildman–Crippen LogP) is 6.17. The number of carbonyl (C=O) groups is 2. The summed E-state index contributed by atoms with van der Waals surface area (Å²) in [5.74, 6) is -0.372. The highest BCUT2D eigenvalue weighted by Gasteiger charge is 2.12. The molecule has 138 valence electrons. The molecule has 4 aromatic rings. The van der Waals surface area contributed by atoms with Crippen LogP contribution in [0.3, 0.4) is 0 Å². The van der Waals surface area contributed by atoms with Gasteiger partial charge < -0.3 is 10.6 Å². The van der Waals surface area contributed by atoms with Crippen molar-refractivity contribution in [2.45, 2.75) is 0 Å². The van der Waals surface area contributed by atoms with Crippen LogP contribution < -0.4 is 10.6 Å². The number of benzene rings is 3. The van der Waals surface area contributed by atoms with Crippen LogP contribution in [-0.4, -0.2) is 11.8 Å². The minimum Gasteiger partial charge on any atom is -0.322 e. The maximum atomic E-state index is 12.8. The first-order valence-corrected chi connectivity index (χ1v) is 10.2. The molecule has 4 nitrogen and oxygen atoms in total. The molecule has 4 rings (SSSR count). The van der Waals surface area contributed by atoms with Crippen LogP contribution >= 0.6 is 27.3 Å². The van der Waals surface area contributed by atoms with Crippen LogP contribution in [0, 0.1) is 0 Å². The normalized spacial score (nSPS) is 10.6. The number of nitrogens with one attached hydrogen (secondary N) is 2. The second kappa shape index (κ2) is 7.96. The highest BCUT2D eigenvalue weighted by Crippen LogP contribution is 2.27. The number of halogens is 1. The average molecular weight is 451 g/mol. The average Bonchev–Trinajstić information content (AvgIpc) is 3.23. The van der Waals surface area contributed by atoms with Crippen LogP contribution in [0.4, 0.5) is 11.4 Å². The van der Waals surface area contributed by atoms with Gasteiger partial charge in [-0.1, -0.05) is 52.3 Å². The minimum absolute atomic E-state index is 0.169. The van der Waals surface area contributed by atoms with Gasteiger partial charge in [-0.15, -0.1) is 11.3 Å². The zero-order chi connectivity index (χ0) is 19.5. The van der Waals surface area contributed by atoms with E-state index in [9.17, 15) is 9.59 Å². The molecule has 1 aromatic heterocycles. The summed E-state index contributed by atoms with van der Waals surface area (Å²) in [6.07, 6.45) is 0. The molecule has 1 heterocycles. The van der Waals surface area contributed by atoms with E-state index in [1.54, 1.807) is 36.4 Å². The lowest BCUT2D eigenvalue weighted by Crippen LogP contribution is -2.13. The minimum atomic E-state index is -0.203. The number of rotatable bonds is 4. The molecule has 0 fully saturated rings. The Morgan fingerprint density at radius 2 is 1.43 bits per heavy atom. The molecule has 0 aliphatic rings. The summed E-state index contributed by atoms with van der Waals surface area (Å²) in [7, 11) is 0. The molecule has 0 unspecified atom stereocenters. The van der Waals surface area contributed by atoms with Crippen molar-refractivity contribution in [3.05, 3.63) is 93.1 Å². The zero-order valence-corrected chi connectivity index (χ0v) is 17.0. The Labute approximate surface area is 174 Å². The molecule has 0 spiro atoms. The number of anilines is 2. The summed E-state index contributed by atoms with van der Waals surface area (Å²) in [5, 5.41) is 9.47. The molecule has 0 aliphatic heterocycles. The van der Waals surface area contributed by atoms with Crippen molar-refractivity contribution >= 4 is 61.2 Å². The van der Waals surface area contributed by atoms with Gasteiger partial charge in [-0.2, -0.15) is 0 Å². The maximum absolute atomic E-state index is 12.8. The van der Waals surface area contributed by atoms with Crippen LogP contribution in [0.2, 0.25) is 0 Å². The standard InChI is InChI=1S/C22H15BrN2O2S/c23-19-10-3-7-16-17(19)8-2-9-18(16)21(26)24-14-5-1-6-15(13-14)25-22(27)20-11-4-12-28-20/h1-13H,(H,24,26)(H,25,27). The Morgan fingerprint density at radius 1 is 0.750 bits per heavy atom. The van der Waals surface area contributed by atoms with Gasteiger partial charge in [0.05, 0.1) is 4.88 Å². The third-order valence-electron chi connectivity index (χ3n) is 4.24. The van der Waals surface area contributed by atoms with Gasteiger partial charge in [0.2, 0.25) is 0 Å². The summed E-state index contributed by atoms with van der Waals surface area (Å²) < 4.78 is 0.943. The monoisotopic (exact) mass is 450 g/mol. The SMILES string of the molecule is O=C(Nc1cccc(NC(=O)c2cccc3c(Br)cccc23)c1)c1cccs1. The number of hydrogen-bond acceptors (Lipinski definition) is 3. The van der Waals surface area contributed by atoms with E-state index in [4.69, 9.17) is 0 Å². The van der Waals surface area contributed by atoms with Crippen molar-refractivity contribution in [1.82, 2.24) is 0 Å². The van der Waals surface area contributed by atoms with E-state index in [2.05, 4.69) is 26.6 Å². The topological polar surface area (TPSA) is 58.2 Å². The van der Waals surface area contributed by atoms with Gasteiger partial charge in [0, 0.05) is 21.4 Å². The van der Waals surface area contributed by atoms with Gasteiger partial charge in [0.25, 0.3) is 11.8 Å². The van der Waals surface area contributed by atoms with Crippen molar-refractivity contribution in [3.63, 3.8) is 0 Å². The summed E-state index contributed by atoms with van der Waals surface area (Å²) in [6, 6.07) is 22.1. The molecule has 0 saturated heterocycles. The smallest absolute Gasteiger partial charge is 0.265 e. The number of fused-ring (bicyclic) bond motifs is 1.